The highest BCUT2D eigenvalue weighted by molar-refractivity contribution is 4.95. The average Bonchev–Trinajstić information content (AvgIpc) is 2.63. The molecule has 0 atom stereocenters. The largest absolute Gasteiger partial charge is 0.330 e. The predicted octanol–water partition coefficient (Wildman–Crippen LogP) is 2.70. The molecule has 70 valence electrons. The van der Waals surface area contributed by atoms with Crippen LogP contribution < -0.4 is 5.73 Å². The SMILES string of the molecule is NCCC1(CC2CCCC2)CC1. The third-order valence-corrected chi connectivity index (χ3v) is 3.83. The van der Waals surface area contributed by atoms with E-state index in [2.05, 4.69) is 0 Å². The summed E-state index contributed by atoms with van der Waals surface area (Å²) in [6.07, 6.45) is 11.7. The van der Waals surface area contributed by atoms with Crippen molar-refractivity contribution in [2.24, 2.45) is 17.1 Å². The van der Waals surface area contributed by atoms with Crippen molar-refractivity contribution in [3.05, 3.63) is 0 Å². The second-order valence-electron chi connectivity index (χ2n) is 4.89. The van der Waals surface area contributed by atoms with Gasteiger partial charge < -0.3 is 5.73 Å². The third kappa shape index (κ3) is 1.82. The second kappa shape index (κ2) is 3.37. The lowest BCUT2D eigenvalue weighted by Crippen LogP contribution is -2.12. The quantitative estimate of drug-likeness (QED) is 0.684. The van der Waals surface area contributed by atoms with Crippen molar-refractivity contribution in [2.75, 3.05) is 6.54 Å². The topological polar surface area (TPSA) is 26.0 Å². The summed E-state index contributed by atoms with van der Waals surface area (Å²) >= 11 is 0. The van der Waals surface area contributed by atoms with Crippen LogP contribution in [0.2, 0.25) is 0 Å². The molecular formula is C11H21N. The highest BCUT2D eigenvalue weighted by Crippen LogP contribution is 2.55. The first kappa shape index (κ1) is 8.55. The Kier molecular flexibility index (Phi) is 2.40. The Balaban J connectivity index is 1.77. The van der Waals surface area contributed by atoms with Gasteiger partial charge in [0.1, 0.15) is 0 Å². The van der Waals surface area contributed by atoms with Gasteiger partial charge in [0.15, 0.2) is 0 Å². The van der Waals surface area contributed by atoms with Gasteiger partial charge in [-0.25, -0.2) is 0 Å². The van der Waals surface area contributed by atoms with Crippen LogP contribution in [0.4, 0.5) is 0 Å². The second-order valence-corrected chi connectivity index (χ2v) is 4.89. The fraction of sp³-hybridized carbons (Fsp3) is 1.00. The molecule has 0 amide bonds. The molecule has 0 spiro atoms. The molecule has 2 aliphatic carbocycles. The van der Waals surface area contributed by atoms with Crippen molar-refractivity contribution in [1.82, 2.24) is 0 Å². The van der Waals surface area contributed by atoms with E-state index in [1.165, 1.54) is 51.4 Å². The molecule has 0 aromatic heterocycles. The molecule has 2 aliphatic rings. The molecule has 0 aromatic rings. The Hall–Kier alpha value is -0.0400. The van der Waals surface area contributed by atoms with E-state index < -0.39 is 0 Å². The highest BCUT2D eigenvalue weighted by atomic mass is 14.6. The van der Waals surface area contributed by atoms with E-state index in [0.29, 0.717) is 0 Å². The maximum atomic E-state index is 5.63. The molecule has 1 nitrogen and oxygen atoms in total. The van der Waals surface area contributed by atoms with Crippen molar-refractivity contribution in [1.29, 1.82) is 0 Å². The summed E-state index contributed by atoms with van der Waals surface area (Å²) in [7, 11) is 0. The van der Waals surface area contributed by atoms with Gasteiger partial charge in [0, 0.05) is 0 Å². The van der Waals surface area contributed by atoms with E-state index in [4.69, 9.17) is 5.73 Å². The number of rotatable bonds is 4. The minimum atomic E-state index is 0.740. The summed E-state index contributed by atoms with van der Waals surface area (Å²) in [5, 5.41) is 0. The first-order valence-corrected chi connectivity index (χ1v) is 5.55. The summed E-state index contributed by atoms with van der Waals surface area (Å²) < 4.78 is 0. The van der Waals surface area contributed by atoms with Gasteiger partial charge in [-0.1, -0.05) is 25.7 Å². The number of nitrogens with two attached hydrogens (primary N) is 1. The van der Waals surface area contributed by atoms with Crippen molar-refractivity contribution in [2.45, 2.75) is 51.4 Å². The zero-order valence-electron chi connectivity index (χ0n) is 8.02. The summed E-state index contributed by atoms with van der Waals surface area (Å²) in [5.74, 6) is 1.07. The third-order valence-electron chi connectivity index (χ3n) is 3.83. The van der Waals surface area contributed by atoms with Crippen LogP contribution in [0.25, 0.3) is 0 Å². The van der Waals surface area contributed by atoms with Crippen molar-refractivity contribution >= 4 is 0 Å². The Morgan fingerprint density at radius 3 is 2.33 bits per heavy atom. The molecular weight excluding hydrogens is 146 g/mol. The summed E-state index contributed by atoms with van der Waals surface area (Å²) in [6.45, 7) is 0.909. The van der Waals surface area contributed by atoms with Crippen LogP contribution in [0.3, 0.4) is 0 Å². The predicted molar refractivity (Wildman–Crippen MR) is 51.9 cm³/mol. The zero-order chi connectivity index (χ0) is 8.44. The van der Waals surface area contributed by atoms with E-state index in [-0.39, 0.29) is 0 Å². The summed E-state index contributed by atoms with van der Waals surface area (Å²) in [4.78, 5) is 0. The van der Waals surface area contributed by atoms with E-state index in [0.717, 1.165) is 17.9 Å². The van der Waals surface area contributed by atoms with Crippen LogP contribution in [-0.2, 0) is 0 Å². The van der Waals surface area contributed by atoms with Gasteiger partial charge in [-0.05, 0) is 43.6 Å². The Morgan fingerprint density at radius 2 is 1.83 bits per heavy atom. The molecule has 0 radical (unpaired) electrons. The maximum absolute atomic E-state index is 5.63. The van der Waals surface area contributed by atoms with Crippen LogP contribution in [0.1, 0.15) is 51.4 Å². The van der Waals surface area contributed by atoms with E-state index in [1.54, 1.807) is 0 Å². The monoisotopic (exact) mass is 167 g/mol. The number of hydrogen-bond donors (Lipinski definition) is 1. The average molecular weight is 167 g/mol. The standard InChI is InChI=1S/C11H21N/c12-8-7-11(5-6-11)9-10-3-1-2-4-10/h10H,1-9,12H2. The normalized spacial score (nSPS) is 27.8. The minimum Gasteiger partial charge on any atom is -0.330 e. The molecule has 0 bridgehead atoms. The lowest BCUT2D eigenvalue weighted by Gasteiger charge is -2.18. The first-order chi connectivity index (χ1) is 5.85. The molecule has 12 heavy (non-hydrogen) atoms. The molecule has 2 N–H and O–H groups in total. The van der Waals surface area contributed by atoms with Crippen LogP contribution >= 0.6 is 0 Å². The van der Waals surface area contributed by atoms with Crippen LogP contribution in [0, 0.1) is 11.3 Å². The van der Waals surface area contributed by atoms with Crippen molar-refractivity contribution in [3.63, 3.8) is 0 Å². The minimum absolute atomic E-state index is 0.740. The van der Waals surface area contributed by atoms with E-state index in [1.807, 2.05) is 0 Å². The van der Waals surface area contributed by atoms with Gasteiger partial charge in [-0.15, -0.1) is 0 Å². The molecule has 1 heteroatoms. The van der Waals surface area contributed by atoms with Gasteiger partial charge in [0.25, 0.3) is 0 Å². The molecule has 0 aliphatic heterocycles. The molecule has 0 heterocycles. The Morgan fingerprint density at radius 1 is 1.17 bits per heavy atom. The summed E-state index contributed by atoms with van der Waals surface area (Å²) in [6, 6.07) is 0. The smallest absolute Gasteiger partial charge is 0.00720 e. The Bertz CT molecular complexity index is 143. The van der Waals surface area contributed by atoms with Gasteiger partial charge in [-0.3, -0.25) is 0 Å². The van der Waals surface area contributed by atoms with Gasteiger partial charge in [0.05, 0.1) is 0 Å². The Labute approximate surface area is 75.7 Å². The fourth-order valence-corrected chi connectivity index (χ4v) is 2.87. The van der Waals surface area contributed by atoms with Crippen LogP contribution in [0.15, 0.2) is 0 Å². The molecule has 2 saturated carbocycles. The van der Waals surface area contributed by atoms with Gasteiger partial charge in [0.2, 0.25) is 0 Å². The van der Waals surface area contributed by atoms with Gasteiger partial charge in [-0.2, -0.15) is 0 Å². The first-order valence-electron chi connectivity index (χ1n) is 5.55. The van der Waals surface area contributed by atoms with Gasteiger partial charge >= 0.3 is 0 Å². The molecule has 2 fully saturated rings. The molecule has 0 aromatic carbocycles. The molecule has 2 rings (SSSR count). The maximum Gasteiger partial charge on any atom is -0.00720 e. The lowest BCUT2D eigenvalue weighted by atomic mass is 9.88. The van der Waals surface area contributed by atoms with E-state index in [9.17, 15) is 0 Å². The fourth-order valence-electron chi connectivity index (χ4n) is 2.87. The van der Waals surface area contributed by atoms with Crippen molar-refractivity contribution in [3.8, 4) is 0 Å². The molecule has 0 unspecified atom stereocenters. The lowest BCUT2D eigenvalue weighted by molar-refractivity contribution is 0.340. The number of hydrogen-bond acceptors (Lipinski definition) is 1. The zero-order valence-corrected chi connectivity index (χ0v) is 8.02. The van der Waals surface area contributed by atoms with Crippen LogP contribution in [-0.4, -0.2) is 6.54 Å². The van der Waals surface area contributed by atoms with Crippen molar-refractivity contribution < 1.29 is 0 Å². The van der Waals surface area contributed by atoms with E-state index >= 15 is 0 Å². The van der Waals surface area contributed by atoms with Crippen LogP contribution in [0.5, 0.6) is 0 Å². The molecule has 0 saturated heterocycles. The highest BCUT2D eigenvalue weighted by Gasteiger charge is 2.43. The summed E-state index contributed by atoms with van der Waals surface area (Å²) in [5.41, 5.74) is 6.37.